The predicted octanol–water partition coefficient (Wildman–Crippen LogP) is 1.72. The molecule has 2 aromatic rings. The molecule has 0 aliphatic carbocycles. The monoisotopic (exact) mass is 287 g/mol. The molecule has 0 spiro atoms. The molecule has 21 heavy (non-hydrogen) atoms. The van der Waals surface area contributed by atoms with E-state index in [-0.39, 0.29) is 11.9 Å². The van der Waals surface area contributed by atoms with Gasteiger partial charge in [0.15, 0.2) is 0 Å². The first-order valence-corrected chi connectivity index (χ1v) is 7.00. The minimum absolute atomic E-state index is 0.109. The Labute approximate surface area is 124 Å². The Morgan fingerprint density at radius 1 is 1.48 bits per heavy atom. The zero-order chi connectivity index (χ0) is 15.2. The minimum atomic E-state index is -0.109. The van der Waals surface area contributed by atoms with Gasteiger partial charge in [-0.25, -0.2) is 4.98 Å². The van der Waals surface area contributed by atoms with Crippen LogP contribution >= 0.6 is 0 Å². The number of hydrogen-bond acceptors (Lipinski definition) is 4. The van der Waals surface area contributed by atoms with Gasteiger partial charge >= 0.3 is 0 Å². The van der Waals surface area contributed by atoms with Crippen molar-refractivity contribution in [3.8, 4) is 0 Å². The number of imidazole rings is 1. The molecule has 112 valence electrons. The maximum absolute atomic E-state index is 11.7. The van der Waals surface area contributed by atoms with Crippen LogP contribution in [-0.4, -0.2) is 28.0 Å². The van der Waals surface area contributed by atoms with Crippen molar-refractivity contribution in [3.05, 3.63) is 42.5 Å². The van der Waals surface area contributed by atoms with Crippen molar-refractivity contribution < 1.29 is 4.79 Å². The van der Waals surface area contributed by atoms with E-state index in [9.17, 15) is 4.79 Å². The SMILES string of the molecule is CCNC(=O)c1ccc(NC(C)Cn2ccnc2)c(N)c1. The van der Waals surface area contributed by atoms with Crippen LogP contribution in [0.25, 0.3) is 0 Å². The van der Waals surface area contributed by atoms with Gasteiger partial charge < -0.3 is 20.9 Å². The lowest BCUT2D eigenvalue weighted by Crippen LogP contribution is -2.24. The van der Waals surface area contributed by atoms with Crippen LogP contribution < -0.4 is 16.4 Å². The molecular formula is C15H21N5O. The first kappa shape index (κ1) is 14.9. The molecule has 1 aromatic heterocycles. The average molecular weight is 287 g/mol. The zero-order valence-corrected chi connectivity index (χ0v) is 12.3. The smallest absolute Gasteiger partial charge is 0.251 e. The van der Waals surface area contributed by atoms with Crippen LogP contribution in [0.4, 0.5) is 11.4 Å². The van der Waals surface area contributed by atoms with Gasteiger partial charge in [-0.1, -0.05) is 0 Å². The van der Waals surface area contributed by atoms with Gasteiger partial charge in [-0.3, -0.25) is 4.79 Å². The quantitative estimate of drug-likeness (QED) is 0.706. The van der Waals surface area contributed by atoms with Crippen LogP contribution in [0, 0.1) is 0 Å². The summed E-state index contributed by atoms with van der Waals surface area (Å²) in [7, 11) is 0. The highest BCUT2D eigenvalue weighted by Crippen LogP contribution is 2.21. The Kier molecular flexibility index (Phi) is 4.81. The molecule has 6 heteroatoms. The molecule has 1 aromatic carbocycles. The van der Waals surface area contributed by atoms with E-state index in [1.807, 2.05) is 23.8 Å². The van der Waals surface area contributed by atoms with Crippen LogP contribution in [0.2, 0.25) is 0 Å². The van der Waals surface area contributed by atoms with Gasteiger partial charge in [0.2, 0.25) is 0 Å². The van der Waals surface area contributed by atoms with E-state index in [0.717, 1.165) is 12.2 Å². The number of nitrogens with zero attached hydrogens (tertiary/aromatic N) is 2. The van der Waals surface area contributed by atoms with Crippen LogP contribution in [0.5, 0.6) is 0 Å². The Morgan fingerprint density at radius 2 is 2.29 bits per heavy atom. The molecule has 4 N–H and O–H groups in total. The fourth-order valence-electron chi connectivity index (χ4n) is 2.12. The Bertz CT molecular complexity index is 594. The molecule has 1 amide bonds. The molecule has 0 saturated heterocycles. The second-order valence-electron chi connectivity index (χ2n) is 4.97. The molecule has 0 fully saturated rings. The van der Waals surface area contributed by atoms with Crippen LogP contribution in [-0.2, 0) is 6.54 Å². The third-order valence-corrected chi connectivity index (χ3v) is 3.10. The predicted molar refractivity (Wildman–Crippen MR) is 84.2 cm³/mol. The largest absolute Gasteiger partial charge is 0.397 e. The van der Waals surface area contributed by atoms with E-state index in [1.54, 1.807) is 24.7 Å². The molecule has 1 heterocycles. The number of nitrogens with two attached hydrogens (primary N) is 1. The van der Waals surface area contributed by atoms with Crippen LogP contribution in [0.3, 0.4) is 0 Å². The van der Waals surface area contributed by atoms with E-state index in [4.69, 9.17) is 5.73 Å². The van der Waals surface area contributed by atoms with Gasteiger partial charge in [-0.2, -0.15) is 0 Å². The molecule has 2 rings (SSSR count). The Hall–Kier alpha value is -2.50. The number of benzene rings is 1. The Morgan fingerprint density at radius 3 is 2.90 bits per heavy atom. The number of aromatic nitrogens is 2. The first-order valence-electron chi connectivity index (χ1n) is 7.00. The summed E-state index contributed by atoms with van der Waals surface area (Å²) in [5.41, 5.74) is 7.98. The van der Waals surface area contributed by atoms with Crippen molar-refractivity contribution in [2.45, 2.75) is 26.4 Å². The molecule has 1 atom stereocenters. The summed E-state index contributed by atoms with van der Waals surface area (Å²) in [5.74, 6) is -0.109. The van der Waals surface area contributed by atoms with Gasteiger partial charge in [0, 0.05) is 37.1 Å². The molecule has 0 radical (unpaired) electrons. The van der Waals surface area contributed by atoms with E-state index < -0.39 is 0 Å². The number of carbonyl (C=O) groups is 1. The van der Waals surface area contributed by atoms with Crippen molar-refractivity contribution in [1.29, 1.82) is 0 Å². The number of nitrogen functional groups attached to an aromatic ring is 1. The highest BCUT2D eigenvalue weighted by Gasteiger charge is 2.09. The molecular weight excluding hydrogens is 266 g/mol. The molecule has 0 aliphatic rings. The number of anilines is 2. The molecule has 0 bridgehead atoms. The second-order valence-corrected chi connectivity index (χ2v) is 4.97. The summed E-state index contributed by atoms with van der Waals surface area (Å²) in [6.07, 6.45) is 5.45. The standard InChI is InChI=1S/C15H21N5O/c1-3-18-15(21)12-4-5-14(13(16)8-12)19-11(2)9-20-7-6-17-10-20/h4-8,10-11,19H,3,9,16H2,1-2H3,(H,18,21). The summed E-state index contributed by atoms with van der Waals surface area (Å²) >= 11 is 0. The van der Waals surface area contributed by atoms with Gasteiger partial charge in [-0.15, -0.1) is 0 Å². The zero-order valence-electron chi connectivity index (χ0n) is 12.3. The second kappa shape index (κ2) is 6.78. The average Bonchev–Trinajstić information content (AvgIpc) is 2.94. The van der Waals surface area contributed by atoms with Gasteiger partial charge in [0.1, 0.15) is 0 Å². The summed E-state index contributed by atoms with van der Waals surface area (Å²) < 4.78 is 2.00. The topological polar surface area (TPSA) is 85.0 Å². The van der Waals surface area contributed by atoms with Crippen molar-refractivity contribution in [1.82, 2.24) is 14.9 Å². The summed E-state index contributed by atoms with van der Waals surface area (Å²) in [4.78, 5) is 15.8. The summed E-state index contributed by atoms with van der Waals surface area (Å²) in [5, 5.41) is 6.10. The van der Waals surface area contributed by atoms with Crippen LogP contribution in [0.15, 0.2) is 36.9 Å². The van der Waals surface area contributed by atoms with Gasteiger partial charge in [0.25, 0.3) is 5.91 Å². The highest BCUT2D eigenvalue weighted by molar-refractivity contribution is 5.96. The number of hydrogen-bond donors (Lipinski definition) is 3. The summed E-state index contributed by atoms with van der Waals surface area (Å²) in [6, 6.07) is 5.49. The fraction of sp³-hybridized carbons (Fsp3) is 0.333. The third-order valence-electron chi connectivity index (χ3n) is 3.10. The van der Waals surface area contributed by atoms with E-state index in [2.05, 4.69) is 22.5 Å². The maximum Gasteiger partial charge on any atom is 0.251 e. The van der Waals surface area contributed by atoms with Gasteiger partial charge in [-0.05, 0) is 32.0 Å². The van der Waals surface area contributed by atoms with E-state index in [0.29, 0.717) is 17.8 Å². The number of carbonyl (C=O) groups excluding carboxylic acids is 1. The lowest BCUT2D eigenvalue weighted by Gasteiger charge is -2.17. The minimum Gasteiger partial charge on any atom is -0.397 e. The number of rotatable bonds is 6. The lowest BCUT2D eigenvalue weighted by atomic mass is 10.1. The first-order chi connectivity index (χ1) is 10.1. The van der Waals surface area contributed by atoms with Crippen molar-refractivity contribution in [2.24, 2.45) is 0 Å². The normalized spacial score (nSPS) is 11.9. The lowest BCUT2D eigenvalue weighted by molar-refractivity contribution is 0.0956. The van der Waals surface area contributed by atoms with Crippen molar-refractivity contribution in [2.75, 3.05) is 17.6 Å². The molecule has 1 unspecified atom stereocenters. The van der Waals surface area contributed by atoms with Crippen molar-refractivity contribution in [3.63, 3.8) is 0 Å². The molecule has 0 saturated carbocycles. The van der Waals surface area contributed by atoms with Gasteiger partial charge in [0.05, 0.1) is 17.7 Å². The molecule has 6 nitrogen and oxygen atoms in total. The fourth-order valence-corrected chi connectivity index (χ4v) is 2.12. The third kappa shape index (κ3) is 3.98. The number of nitrogens with one attached hydrogen (secondary N) is 2. The number of amides is 1. The summed E-state index contributed by atoms with van der Waals surface area (Å²) in [6.45, 7) is 5.34. The Balaban J connectivity index is 2.02. The molecule has 0 aliphatic heterocycles. The van der Waals surface area contributed by atoms with Crippen molar-refractivity contribution >= 4 is 17.3 Å². The van der Waals surface area contributed by atoms with E-state index >= 15 is 0 Å². The van der Waals surface area contributed by atoms with E-state index in [1.165, 1.54) is 0 Å². The highest BCUT2D eigenvalue weighted by atomic mass is 16.1. The maximum atomic E-state index is 11.7. The van der Waals surface area contributed by atoms with Crippen LogP contribution in [0.1, 0.15) is 24.2 Å².